The van der Waals surface area contributed by atoms with Gasteiger partial charge in [0.05, 0.1) is 12.1 Å². The lowest BCUT2D eigenvalue weighted by Crippen LogP contribution is -2.44. The standard InChI is InChI=1S/C23H28F3N3O3/c1-27-11-4-8-20(27)15-29(19-9-10-19)21(30)16-28(12-5-13-32-2)22(31)17-6-3-7-18(14-17)23(24,25)26/h3-4,6-8,11,14,19H,5,9-10,12-13,15-16H2,1-2H3. The van der Waals surface area contributed by atoms with Crippen molar-refractivity contribution in [2.24, 2.45) is 7.05 Å². The number of alkyl halides is 3. The van der Waals surface area contributed by atoms with E-state index in [0.29, 0.717) is 19.6 Å². The number of methoxy groups -OCH3 is 1. The molecule has 0 radical (unpaired) electrons. The smallest absolute Gasteiger partial charge is 0.385 e. The summed E-state index contributed by atoms with van der Waals surface area (Å²) in [6, 6.07) is 8.27. The van der Waals surface area contributed by atoms with Crippen LogP contribution in [-0.4, -0.2) is 59.0 Å². The van der Waals surface area contributed by atoms with Gasteiger partial charge in [-0.1, -0.05) is 6.07 Å². The van der Waals surface area contributed by atoms with E-state index in [-0.39, 0.29) is 30.6 Å². The number of amides is 2. The molecule has 1 aliphatic carbocycles. The number of carbonyl (C=O) groups is 2. The number of nitrogens with zero attached hydrogens (tertiary/aromatic N) is 3. The normalized spacial score (nSPS) is 13.8. The lowest BCUT2D eigenvalue weighted by Gasteiger charge is -2.28. The van der Waals surface area contributed by atoms with E-state index in [1.54, 1.807) is 4.90 Å². The zero-order valence-corrected chi connectivity index (χ0v) is 18.3. The average Bonchev–Trinajstić information content (AvgIpc) is 3.52. The van der Waals surface area contributed by atoms with Crippen molar-refractivity contribution >= 4 is 11.8 Å². The van der Waals surface area contributed by atoms with E-state index >= 15 is 0 Å². The first-order valence-electron chi connectivity index (χ1n) is 10.6. The van der Waals surface area contributed by atoms with Crippen LogP contribution in [0.4, 0.5) is 13.2 Å². The molecule has 32 heavy (non-hydrogen) atoms. The van der Waals surface area contributed by atoms with Crippen LogP contribution in [0.15, 0.2) is 42.6 Å². The Morgan fingerprint density at radius 1 is 1.19 bits per heavy atom. The molecule has 0 bridgehead atoms. The van der Waals surface area contributed by atoms with Crippen LogP contribution in [0.5, 0.6) is 0 Å². The summed E-state index contributed by atoms with van der Waals surface area (Å²) in [4.78, 5) is 29.3. The highest BCUT2D eigenvalue weighted by Crippen LogP contribution is 2.30. The van der Waals surface area contributed by atoms with Crippen LogP contribution in [0.25, 0.3) is 0 Å². The summed E-state index contributed by atoms with van der Waals surface area (Å²) in [6.07, 6.45) is -0.373. The summed E-state index contributed by atoms with van der Waals surface area (Å²) in [5.74, 6) is -0.818. The lowest BCUT2D eigenvalue weighted by atomic mass is 10.1. The van der Waals surface area contributed by atoms with Gasteiger partial charge < -0.3 is 19.1 Å². The minimum atomic E-state index is -4.55. The number of carbonyl (C=O) groups excluding carboxylic acids is 2. The first kappa shape index (κ1) is 23.8. The molecule has 2 aromatic rings. The molecule has 1 fully saturated rings. The molecule has 0 saturated heterocycles. The van der Waals surface area contributed by atoms with E-state index in [1.165, 1.54) is 24.1 Å². The van der Waals surface area contributed by atoms with Gasteiger partial charge in [-0.05, 0) is 49.6 Å². The molecule has 2 amide bonds. The van der Waals surface area contributed by atoms with Crippen molar-refractivity contribution < 1.29 is 27.5 Å². The van der Waals surface area contributed by atoms with E-state index in [2.05, 4.69) is 0 Å². The fourth-order valence-electron chi connectivity index (χ4n) is 3.56. The number of aryl methyl sites for hydroxylation is 1. The Morgan fingerprint density at radius 2 is 1.94 bits per heavy atom. The zero-order chi connectivity index (χ0) is 23.3. The van der Waals surface area contributed by atoms with Crippen LogP contribution in [-0.2, 0) is 29.3 Å². The maximum atomic E-state index is 13.2. The maximum Gasteiger partial charge on any atom is 0.416 e. The Bertz CT molecular complexity index is 938. The van der Waals surface area contributed by atoms with Gasteiger partial charge in [-0.3, -0.25) is 9.59 Å². The Hall–Kier alpha value is -2.81. The summed E-state index contributed by atoms with van der Waals surface area (Å²) in [6.45, 7) is 0.809. The highest BCUT2D eigenvalue weighted by Gasteiger charge is 2.35. The molecule has 0 aliphatic heterocycles. The first-order chi connectivity index (χ1) is 15.2. The molecule has 0 atom stereocenters. The topological polar surface area (TPSA) is 54.8 Å². The van der Waals surface area contributed by atoms with Gasteiger partial charge in [-0.2, -0.15) is 13.2 Å². The van der Waals surface area contributed by atoms with Crippen molar-refractivity contribution in [3.05, 3.63) is 59.4 Å². The predicted molar refractivity (Wildman–Crippen MR) is 113 cm³/mol. The number of hydrogen-bond acceptors (Lipinski definition) is 3. The molecular weight excluding hydrogens is 423 g/mol. The monoisotopic (exact) mass is 451 g/mol. The van der Waals surface area contributed by atoms with Crippen molar-refractivity contribution in [2.75, 3.05) is 26.8 Å². The van der Waals surface area contributed by atoms with Crippen LogP contribution >= 0.6 is 0 Å². The van der Waals surface area contributed by atoms with Crippen LogP contribution in [0.3, 0.4) is 0 Å². The van der Waals surface area contributed by atoms with Crippen molar-refractivity contribution in [2.45, 2.75) is 38.0 Å². The van der Waals surface area contributed by atoms with Gasteiger partial charge in [-0.15, -0.1) is 0 Å². The summed E-state index contributed by atoms with van der Waals surface area (Å²) in [7, 11) is 3.43. The van der Waals surface area contributed by atoms with E-state index in [1.807, 2.05) is 29.9 Å². The van der Waals surface area contributed by atoms with Crippen molar-refractivity contribution in [3.8, 4) is 0 Å². The van der Waals surface area contributed by atoms with Gasteiger partial charge >= 0.3 is 6.18 Å². The molecule has 0 spiro atoms. The number of rotatable bonds is 10. The van der Waals surface area contributed by atoms with Crippen LogP contribution in [0, 0.1) is 0 Å². The second-order valence-corrected chi connectivity index (χ2v) is 8.01. The minimum Gasteiger partial charge on any atom is -0.385 e. The van der Waals surface area contributed by atoms with Crippen LogP contribution in [0.2, 0.25) is 0 Å². The van der Waals surface area contributed by atoms with Crippen LogP contribution < -0.4 is 0 Å². The molecule has 9 heteroatoms. The fraction of sp³-hybridized carbons (Fsp3) is 0.478. The molecule has 1 aromatic heterocycles. The van der Waals surface area contributed by atoms with Gasteiger partial charge in [0, 0.05) is 50.8 Å². The van der Waals surface area contributed by atoms with Crippen molar-refractivity contribution in [3.63, 3.8) is 0 Å². The highest BCUT2D eigenvalue weighted by molar-refractivity contribution is 5.96. The third-order valence-electron chi connectivity index (χ3n) is 5.52. The molecule has 174 valence electrons. The Morgan fingerprint density at radius 3 is 2.53 bits per heavy atom. The summed E-state index contributed by atoms with van der Waals surface area (Å²) in [5.41, 5.74) is -0.0133. The van der Waals surface area contributed by atoms with Gasteiger partial charge in [0.25, 0.3) is 5.91 Å². The second-order valence-electron chi connectivity index (χ2n) is 8.01. The third kappa shape index (κ3) is 6.12. The lowest BCUT2D eigenvalue weighted by molar-refractivity contribution is -0.137. The number of hydrogen-bond donors (Lipinski definition) is 0. The molecule has 1 saturated carbocycles. The molecule has 3 rings (SSSR count). The number of halogens is 3. The van der Waals surface area contributed by atoms with E-state index in [4.69, 9.17) is 4.74 Å². The molecule has 0 N–H and O–H groups in total. The summed E-state index contributed by atoms with van der Waals surface area (Å²) in [5, 5.41) is 0. The van der Waals surface area contributed by atoms with Gasteiger partial charge in [-0.25, -0.2) is 0 Å². The fourth-order valence-corrected chi connectivity index (χ4v) is 3.56. The van der Waals surface area contributed by atoms with E-state index in [0.717, 1.165) is 30.7 Å². The summed E-state index contributed by atoms with van der Waals surface area (Å²) < 4.78 is 46.3. The Kier molecular flexibility index (Phi) is 7.60. The molecule has 0 unspecified atom stereocenters. The molecule has 6 nitrogen and oxygen atoms in total. The van der Waals surface area contributed by atoms with Crippen molar-refractivity contribution in [1.29, 1.82) is 0 Å². The maximum absolute atomic E-state index is 13.2. The second kappa shape index (κ2) is 10.2. The number of aromatic nitrogens is 1. The largest absolute Gasteiger partial charge is 0.416 e. The Balaban J connectivity index is 1.77. The highest BCUT2D eigenvalue weighted by atomic mass is 19.4. The Labute approximate surface area is 185 Å². The van der Waals surface area contributed by atoms with Crippen molar-refractivity contribution in [1.82, 2.24) is 14.4 Å². The molecule has 1 aromatic carbocycles. The van der Waals surface area contributed by atoms with E-state index in [9.17, 15) is 22.8 Å². The van der Waals surface area contributed by atoms with E-state index < -0.39 is 17.6 Å². The molecule has 1 heterocycles. The molecular formula is C23H28F3N3O3. The number of benzene rings is 1. The van der Waals surface area contributed by atoms with Gasteiger partial charge in [0.1, 0.15) is 6.54 Å². The average molecular weight is 451 g/mol. The SMILES string of the molecule is COCCCN(CC(=O)N(Cc1cccn1C)C1CC1)C(=O)c1cccc(C(F)(F)F)c1. The molecule has 1 aliphatic rings. The number of ether oxygens (including phenoxy) is 1. The quantitative estimate of drug-likeness (QED) is 0.518. The third-order valence-corrected chi connectivity index (χ3v) is 5.52. The minimum absolute atomic E-state index is 0.0922. The summed E-state index contributed by atoms with van der Waals surface area (Å²) >= 11 is 0. The van der Waals surface area contributed by atoms with Gasteiger partial charge in [0.15, 0.2) is 0 Å². The van der Waals surface area contributed by atoms with Crippen LogP contribution in [0.1, 0.15) is 40.9 Å². The predicted octanol–water partition coefficient (Wildman–Crippen LogP) is 3.71. The zero-order valence-electron chi connectivity index (χ0n) is 18.3. The first-order valence-corrected chi connectivity index (χ1v) is 10.6. The van der Waals surface area contributed by atoms with Gasteiger partial charge in [0.2, 0.25) is 5.91 Å².